The molecule has 0 amide bonds. The number of hydrogen-bond donors (Lipinski definition) is 1. The lowest BCUT2D eigenvalue weighted by Crippen LogP contribution is -2.22. The van der Waals surface area contributed by atoms with Crippen LogP contribution in [0.1, 0.15) is 36.8 Å². The molecule has 2 heterocycles. The molecular formula is C14H21N5. The Morgan fingerprint density at radius 2 is 2.21 bits per heavy atom. The minimum atomic E-state index is 0.243. The summed E-state index contributed by atoms with van der Waals surface area (Å²) < 4.78 is 1.94. The van der Waals surface area contributed by atoms with E-state index < -0.39 is 0 Å². The smallest absolute Gasteiger partial charge is 0.138 e. The predicted molar refractivity (Wildman–Crippen MR) is 74.8 cm³/mol. The van der Waals surface area contributed by atoms with Gasteiger partial charge in [-0.1, -0.05) is 6.92 Å². The second kappa shape index (κ2) is 6.43. The number of likely N-dealkylation sites (N-methyl/N-ethyl adjacent to an activating group) is 1. The van der Waals surface area contributed by atoms with Crippen LogP contribution in [-0.4, -0.2) is 26.8 Å². The Bertz CT molecular complexity index is 520. The van der Waals surface area contributed by atoms with E-state index in [0.717, 1.165) is 25.2 Å². The van der Waals surface area contributed by atoms with E-state index in [9.17, 15) is 0 Å². The van der Waals surface area contributed by atoms with E-state index in [1.807, 2.05) is 24.1 Å². The van der Waals surface area contributed by atoms with Crippen LogP contribution in [0.4, 0.5) is 0 Å². The SMILES string of the molecule is CCc1cnccc1C(Cc1ncnn1CC)NC. The third-order valence-electron chi connectivity index (χ3n) is 3.43. The van der Waals surface area contributed by atoms with Crippen molar-refractivity contribution in [2.24, 2.45) is 0 Å². The van der Waals surface area contributed by atoms with Gasteiger partial charge in [-0.2, -0.15) is 5.10 Å². The summed E-state index contributed by atoms with van der Waals surface area (Å²) in [5, 5.41) is 7.60. The second-order valence-electron chi connectivity index (χ2n) is 4.47. The van der Waals surface area contributed by atoms with Crippen LogP contribution in [0.2, 0.25) is 0 Å². The Balaban J connectivity index is 2.25. The van der Waals surface area contributed by atoms with Crippen molar-refractivity contribution in [2.45, 2.75) is 39.3 Å². The molecule has 19 heavy (non-hydrogen) atoms. The fourth-order valence-corrected chi connectivity index (χ4v) is 2.33. The molecule has 0 saturated carbocycles. The van der Waals surface area contributed by atoms with Crippen LogP contribution in [0.5, 0.6) is 0 Å². The van der Waals surface area contributed by atoms with E-state index in [1.54, 1.807) is 6.33 Å². The summed E-state index contributed by atoms with van der Waals surface area (Å²) in [6.07, 6.45) is 7.25. The van der Waals surface area contributed by atoms with Crippen LogP contribution < -0.4 is 5.32 Å². The van der Waals surface area contributed by atoms with E-state index in [0.29, 0.717) is 0 Å². The lowest BCUT2D eigenvalue weighted by Gasteiger charge is -2.19. The number of rotatable bonds is 6. The highest BCUT2D eigenvalue weighted by molar-refractivity contribution is 5.27. The predicted octanol–water partition coefficient (Wildman–Crippen LogP) is 1.76. The summed E-state index contributed by atoms with van der Waals surface area (Å²) in [5.74, 6) is 1.01. The number of hydrogen-bond acceptors (Lipinski definition) is 4. The van der Waals surface area contributed by atoms with E-state index in [2.05, 4.69) is 40.3 Å². The number of pyridine rings is 1. The summed E-state index contributed by atoms with van der Waals surface area (Å²) >= 11 is 0. The van der Waals surface area contributed by atoms with Crippen molar-refractivity contribution in [3.8, 4) is 0 Å². The van der Waals surface area contributed by atoms with Gasteiger partial charge in [0, 0.05) is 31.4 Å². The maximum atomic E-state index is 4.35. The molecule has 102 valence electrons. The first-order chi connectivity index (χ1) is 9.30. The van der Waals surface area contributed by atoms with Crippen LogP contribution in [-0.2, 0) is 19.4 Å². The summed E-state index contributed by atoms with van der Waals surface area (Å²) in [7, 11) is 1.98. The van der Waals surface area contributed by atoms with Crippen molar-refractivity contribution >= 4 is 0 Å². The Morgan fingerprint density at radius 3 is 2.89 bits per heavy atom. The standard InChI is InChI=1S/C14H21N5/c1-4-11-9-16-7-6-12(11)13(15-3)8-14-17-10-18-19(14)5-2/h6-7,9-10,13,15H,4-5,8H2,1-3H3. The van der Waals surface area contributed by atoms with Gasteiger partial charge in [-0.15, -0.1) is 0 Å². The molecule has 2 aromatic rings. The first-order valence-electron chi connectivity index (χ1n) is 6.76. The van der Waals surface area contributed by atoms with Crippen molar-refractivity contribution in [3.05, 3.63) is 41.7 Å². The van der Waals surface area contributed by atoms with Crippen molar-refractivity contribution in [1.29, 1.82) is 0 Å². The number of nitrogens with zero attached hydrogens (tertiary/aromatic N) is 4. The number of aryl methyl sites for hydroxylation is 2. The average molecular weight is 259 g/mol. The van der Waals surface area contributed by atoms with Crippen LogP contribution in [0.25, 0.3) is 0 Å². The van der Waals surface area contributed by atoms with Crippen LogP contribution in [0.15, 0.2) is 24.8 Å². The monoisotopic (exact) mass is 259 g/mol. The molecule has 0 saturated heterocycles. The molecule has 5 heteroatoms. The lowest BCUT2D eigenvalue weighted by molar-refractivity contribution is 0.530. The molecule has 0 fully saturated rings. The third-order valence-corrected chi connectivity index (χ3v) is 3.43. The molecule has 0 spiro atoms. The van der Waals surface area contributed by atoms with Gasteiger partial charge in [0.05, 0.1) is 0 Å². The normalized spacial score (nSPS) is 12.6. The Labute approximate surface area is 114 Å². The average Bonchev–Trinajstić information content (AvgIpc) is 2.92. The highest BCUT2D eigenvalue weighted by Crippen LogP contribution is 2.20. The Morgan fingerprint density at radius 1 is 1.37 bits per heavy atom. The quantitative estimate of drug-likeness (QED) is 0.859. The molecule has 1 N–H and O–H groups in total. The van der Waals surface area contributed by atoms with Crippen molar-refractivity contribution in [1.82, 2.24) is 25.1 Å². The van der Waals surface area contributed by atoms with Gasteiger partial charge >= 0.3 is 0 Å². The van der Waals surface area contributed by atoms with E-state index in [1.165, 1.54) is 11.1 Å². The molecule has 0 aliphatic rings. The van der Waals surface area contributed by atoms with Gasteiger partial charge in [0.15, 0.2) is 0 Å². The Kier molecular flexibility index (Phi) is 4.63. The zero-order valence-corrected chi connectivity index (χ0v) is 11.8. The summed E-state index contributed by atoms with van der Waals surface area (Å²) in [4.78, 5) is 8.55. The third kappa shape index (κ3) is 2.98. The summed E-state index contributed by atoms with van der Waals surface area (Å²) in [6.45, 7) is 5.08. The minimum Gasteiger partial charge on any atom is -0.313 e. The molecular weight excluding hydrogens is 238 g/mol. The van der Waals surface area contributed by atoms with E-state index in [-0.39, 0.29) is 6.04 Å². The minimum absolute atomic E-state index is 0.243. The molecule has 0 aliphatic heterocycles. The van der Waals surface area contributed by atoms with Gasteiger partial charge in [-0.3, -0.25) is 9.67 Å². The zero-order valence-electron chi connectivity index (χ0n) is 11.8. The molecule has 0 aliphatic carbocycles. The highest BCUT2D eigenvalue weighted by Gasteiger charge is 2.16. The van der Waals surface area contributed by atoms with Crippen molar-refractivity contribution in [2.75, 3.05) is 7.05 Å². The van der Waals surface area contributed by atoms with Crippen LogP contribution in [0, 0.1) is 0 Å². The van der Waals surface area contributed by atoms with Gasteiger partial charge in [0.25, 0.3) is 0 Å². The van der Waals surface area contributed by atoms with Crippen LogP contribution >= 0.6 is 0 Å². The Hall–Kier alpha value is -1.75. The first-order valence-corrected chi connectivity index (χ1v) is 6.76. The molecule has 1 atom stereocenters. The van der Waals surface area contributed by atoms with Gasteiger partial charge in [0.1, 0.15) is 12.2 Å². The number of aromatic nitrogens is 4. The molecule has 2 rings (SSSR count). The molecule has 0 radical (unpaired) electrons. The molecule has 2 aromatic heterocycles. The van der Waals surface area contributed by atoms with Crippen molar-refractivity contribution in [3.63, 3.8) is 0 Å². The van der Waals surface area contributed by atoms with E-state index >= 15 is 0 Å². The van der Waals surface area contributed by atoms with Crippen LogP contribution in [0.3, 0.4) is 0 Å². The maximum Gasteiger partial charge on any atom is 0.138 e. The maximum absolute atomic E-state index is 4.35. The van der Waals surface area contributed by atoms with Crippen molar-refractivity contribution < 1.29 is 0 Å². The van der Waals surface area contributed by atoms with E-state index in [4.69, 9.17) is 0 Å². The summed E-state index contributed by atoms with van der Waals surface area (Å²) in [6, 6.07) is 2.33. The molecule has 0 bridgehead atoms. The summed E-state index contributed by atoms with van der Waals surface area (Å²) in [5.41, 5.74) is 2.58. The first kappa shape index (κ1) is 13.7. The fraction of sp³-hybridized carbons (Fsp3) is 0.500. The molecule has 5 nitrogen and oxygen atoms in total. The van der Waals surface area contributed by atoms with Gasteiger partial charge in [-0.25, -0.2) is 4.98 Å². The number of nitrogens with one attached hydrogen (secondary N) is 1. The highest BCUT2D eigenvalue weighted by atomic mass is 15.3. The van der Waals surface area contributed by atoms with Gasteiger partial charge in [0.2, 0.25) is 0 Å². The lowest BCUT2D eigenvalue weighted by atomic mass is 9.98. The second-order valence-corrected chi connectivity index (χ2v) is 4.47. The molecule has 1 unspecified atom stereocenters. The zero-order chi connectivity index (χ0) is 13.7. The van der Waals surface area contributed by atoms with Gasteiger partial charge in [-0.05, 0) is 37.6 Å². The van der Waals surface area contributed by atoms with Gasteiger partial charge < -0.3 is 5.32 Å². The topological polar surface area (TPSA) is 55.6 Å². The molecule has 0 aromatic carbocycles. The fourth-order valence-electron chi connectivity index (χ4n) is 2.33. The largest absolute Gasteiger partial charge is 0.313 e.